The van der Waals surface area contributed by atoms with Gasteiger partial charge >= 0.3 is 0 Å². The molecule has 3 N–H and O–H groups in total. The van der Waals surface area contributed by atoms with Gasteiger partial charge in [-0.3, -0.25) is 14.0 Å². The van der Waals surface area contributed by atoms with Crippen LogP contribution in [0.3, 0.4) is 0 Å². The van der Waals surface area contributed by atoms with E-state index in [0.29, 0.717) is 24.7 Å². The van der Waals surface area contributed by atoms with Crippen molar-refractivity contribution in [2.75, 3.05) is 24.7 Å². The Morgan fingerprint density at radius 3 is 2.79 bits per heavy atom. The number of hydrogen-bond donors (Lipinski definition) is 3. The number of aryl methyl sites for hydroxylation is 1. The van der Waals surface area contributed by atoms with Crippen molar-refractivity contribution in [2.45, 2.75) is 57.2 Å². The van der Waals surface area contributed by atoms with Crippen LogP contribution in [-0.2, 0) is 15.6 Å². The molecule has 0 radical (unpaired) electrons. The van der Waals surface area contributed by atoms with E-state index >= 15 is 0 Å². The SMILES string of the molecule is CCS(=O)C1CCCC(NC(=NC)NCCC(=O)Nc2ccc(C)cn2)C1.I. The fraction of sp³-hybridized carbons (Fsp3) is 0.632. The van der Waals surface area contributed by atoms with Crippen LogP contribution in [0.15, 0.2) is 23.3 Å². The average molecular weight is 521 g/mol. The van der Waals surface area contributed by atoms with Gasteiger partial charge in [-0.15, -0.1) is 24.0 Å². The molecule has 1 heterocycles. The number of guanidine groups is 1. The second-order valence-electron chi connectivity index (χ2n) is 6.82. The van der Waals surface area contributed by atoms with Gasteiger partial charge in [-0.25, -0.2) is 4.98 Å². The van der Waals surface area contributed by atoms with Crippen molar-refractivity contribution in [3.8, 4) is 0 Å². The molecule has 1 aliphatic carbocycles. The minimum atomic E-state index is -0.743. The van der Waals surface area contributed by atoms with Crippen LogP contribution in [0, 0.1) is 6.92 Å². The summed E-state index contributed by atoms with van der Waals surface area (Å²) in [6.07, 6.45) is 6.12. The molecule has 1 aliphatic rings. The normalized spacial score (nSPS) is 20.6. The van der Waals surface area contributed by atoms with Crippen molar-refractivity contribution >= 4 is 52.5 Å². The maximum absolute atomic E-state index is 12.1. The third kappa shape index (κ3) is 8.42. The van der Waals surface area contributed by atoms with Gasteiger partial charge in [0.2, 0.25) is 5.91 Å². The summed E-state index contributed by atoms with van der Waals surface area (Å²) in [5, 5.41) is 9.64. The van der Waals surface area contributed by atoms with Gasteiger partial charge < -0.3 is 16.0 Å². The van der Waals surface area contributed by atoms with Gasteiger partial charge in [0.05, 0.1) is 0 Å². The molecular weight excluding hydrogens is 489 g/mol. The first-order valence-electron chi connectivity index (χ1n) is 9.58. The van der Waals surface area contributed by atoms with Crippen molar-refractivity contribution < 1.29 is 9.00 Å². The van der Waals surface area contributed by atoms with Gasteiger partial charge in [0.15, 0.2) is 5.96 Å². The molecule has 1 fully saturated rings. The molecular formula is C19H32IN5O2S. The van der Waals surface area contributed by atoms with Crippen LogP contribution < -0.4 is 16.0 Å². The molecule has 7 nitrogen and oxygen atoms in total. The highest BCUT2D eigenvalue weighted by Gasteiger charge is 2.26. The average Bonchev–Trinajstić information content (AvgIpc) is 2.68. The van der Waals surface area contributed by atoms with Crippen molar-refractivity contribution in [3.63, 3.8) is 0 Å². The number of pyridine rings is 1. The van der Waals surface area contributed by atoms with Crippen molar-refractivity contribution in [1.29, 1.82) is 0 Å². The van der Waals surface area contributed by atoms with E-state index in [1.54, 1.807) is 19.3 Å². The van der Waals surface area contributed by atoms with Crippen LogP contribution in [0.1, 0.15) is 44.6 Å². The van der Waals surface area contributed by atoms with E-state index in [2.05, 4.69) is 25.9 Å². The third-order valence-electron chi connectivity index (χ3n) is 4.67. The zero-order chi connectivity index (χ0) is 19.6. The molecule has 1 aromatic rings. The number of nitrogens with zero attached hydrogens (tertiary/aromatic N) is 2. The summed E-state index contributed by atoms with van der Waals surface area (Å²) < 4.78 is 12.1. The lowest BCUT2D eigenvalue weighted by molar-refractivity contribution is -0.116. The van der Waals surface area contributed by atoms with E-state index in [1.165, 1.54) is 0 Å². The third-order valence-corrected chi connectivity index (χ3v) is 6.41. The molecule has 3 atom stereocenters. The first-order chi connectivity index (χ1) is 13.0. The first-order valence-corrected chi connectivity index (χ1v) is 11.0. The highest BCUT2D eigenvalue weighted by Crippen LogP contribution is 2.22. The fourth-order valence-electron chi connectivity index (χ4n) is 3.18. The molecule has 1 saturated carbocycles. The van der Waals surface area contributed by atoms with Gasteiger partial charge in [-0.05, 0) is 37.8 Å². The number of aliphatic imine (C=N–C) groups is 1. The number of amides is 1. The lowest BCUT2D eigenvalue weighted by Gasteiger charge is -2.30. The summed E-state index contributed by atoms with van der Waals surface area (Å²) in [5.74, 6) is 1.87. The molecule has 0 aliphatic heterocycles. The Hall–Kier alpha value is -1.23. The smallest absolute Gasteiger partial charge is 0.227 e. The van der Waals surface area contributed by atoms with Gasteiger partial charge in [-0.1, -0.05) is 19.4 Å². The molecule has 0 saturated heterocycles. The lowest BCUT2D eigenvalue weighted by atomic mass is 9.95. The predicted molar refractivity (Wildman–Crippen MR) is 127 cm³/mol. The maximum atomic E-state index is 12.1. The van der Waals surface area contributed by atoms with E-state index < -0.39 is 10.8 Å². The summed E-state index contributed by atoms with van der Waals surface area (Å²) in [7, 11) is 0.976. The Kier molecular flexibility index (Phi) is 11.6. The summed E-state index contributed by atoms with van der Waals surface area (Å²) >= 11 is 0. The van der Waals surface area contributed by atoms with E-state index in [0.717, 1.165) is 37.0 Å². The van der Waals surface area contributed by atoms with Gasteiger partial charge in [0.1, 0.15) is 5.82 Å². The molecule has 158 valence electrons. The summed E-state index contributed by atoms with van der Waals surface area (Å²) in [6, 6.07) is 3.98. The maximum Gasteiger partial charge on any atom is 0.227 e. The van der Waals surface area contributed by atoms with Crippen LogP contribution in [0.25, 0.3) is 0 Å². The number of rotatable bonds is 7. The molecule has 0 bridgehead atoms. The van der Waals surface area contributed by atoms with E-state index in [4.69, 9.17) is 0 Å². The number of anilines is 1. The highest BCUT2D eigenvalue weighted by atomic mass is 127. The van der Waals surface area contributed by atoms with Crippen LogP contribution in [0.2, 0.25) is 0 Å². The zero-order valence-electron chi connectivity index (χ0n) is 16.9. The molecule has 28 heavy (non-hydrogen) atoms. The number of hydrogen-bond acceptors (Lipinski definition) is 4. The molecule has 1 aromatic heterocycles. The van der Waals surface area contributed by atoms with Crippen LogP contribution in [0.4, 0.5) is 5.82 Å². The minimum absolute atomic E-state index is 0. The second-order valence-corrected chi connectivity index (χ2v) is 8.82. The van der Waals surface area contributed by atoms with Crippen molar-refractivity contribution in [1.82, 2.24) is 15.6 Å². The number of halogens is 1. The lowest BCUT2D eigenvalue weighted by Crippen LogP contribution is -2.47. The van der Waals surface area contributed by atoms with Crippen LogP contribution >= 0.6 is 24.0 Å². The number of carbonyl (C=O) groups excluding carboxylic acids is 1. The zero-order valence-corrected chi connectivity index (χ0v) is 20.0. The second kappa shape index (κ2) is 13.1. The standard InChI is InChI=1S/C19H31N5O2S.HI/c1-4-27(26)16-7-5-6-15(12-16)23-19(20-3)21-11-10-18(25)24-17-9-8-14(2)13-22-17;/h8-9,13,15-16H,4-7,10-12H2,1-3H3,(H2,20,21,23)(H,22,24,25);1H. The number of nitrogens with one attached hydrogen (secondary N) is 3. The highest BCUT2D eigenvalue weighted by molar-refractivity contribution is 14.0. The largest absolute Gasteiger partial charge is 0.356 e. The molecule has 0 spiro atoms. The predicted octanol–water partition coefficient (Wildman–Crippen LogP) is 2.58. The summed E-state index contributed by atoms with van der Waals surface area (Å²) in [6.45, 7) is 4.41. The van der Waals surface area contributed by atoms with E-state index in [-0.39, 0.29) is 41.2 Å². The van der Waals surface area contributed by atoms with Gasteiger partial charge in [0, 0.05) is 54.1 Å². The van der Waals surface area contributed by atoms with Gasteiger partial charge in [-0.2, -0.15) is 0 Å². The molecule has 3 unspecified atom stereocenters. The number of carbonyl (C=O) groups is 1. The molecule has 1 amide bonds. The van der Waals surface area contributed by atoms with Gasteiger partial charge in [0.25, 0.3) is 0 Å². The Balaban J connectivity index is 0.00000392. The minimum Gasteiger partial charge on any atom is -0.356 e. The Morgan fingerprint density at radius 1 is 1.36 bits per heavy atom. The topological polar surface area (TPSA) is 95.5 Å². The fourth-order valence-corrected chi connectivity index (χ4v) is 4.53. The Morgan fingerprint density at radius 2 is 2.14 bits per heavy atom. The monoisotopic (exact) mass is 521 g/mol. The molecule has 0 aromatic carbocycles. The Labute approximate surface area is 187 Å². The van der Waals surface area contributed by atoms with Crippen LogP contribution in [0.5, 0.6) is 0 Å². The van der Waals surface area contributed by atoms with Crippen LogP contribution in [-0.4, -0.2) is 51.7 Å². The molecule has 2 rings (SSSR count). The Bertz CT molecular complexity index is 669. The molecule has 9 heteroatoms. The summed E-state index contributed by atoms with van der Waals surface area (Å²) in [5.41, 5.74) is 1.05. The van der Waals surface area contributed by atoms with E-state index in [1.807, 2.05) is 19.9 Å². The van der Waals surface area contributed by atoms with Crippen molar-refractivity contribution in [3.05, 3.63) is 23.9 Å². The summed E-state index contributed by atoms with van der Waals surface area (Å²) in [4.78, 5) is 20.4. The number of aromatic nitrogens is 1. The van der Waals surface area contributed by atoms with Crippen molar-refractivity contribution in [2.24, 2.45) is 4.99 Å². The van der Waals surface area contributed by atoms with E-state index in [9.17, 15) is 9.00 Å². The quantitative estimate of drug-likeness (QED) is 0.291. The first kappa shape index (κ1) is 24.8.